The molecule has 1 aliphatic rings. The molecule has 0 saturated carbocycles. The van der Waals surface area contributed by atoms with Crippen LogP contribution in [0.3, 0.4) is 0 Å². The first-order chi connectivity index (χ1) is 5.22. The molecule has 1 unspecified atom stereocenters. The van der Waals surface area contributed by atoms with Gasteiger partial charge in [0.2, 0.25) is 0 Å². The van der Waals surface area contributed by atoms with Gasteiger partial charge in [0.05, 0.1) is 0 Å². The van der Waals surface area contributed by atoms with Crippen molar-refractivity contribution in [2.24, 2.45) is 0 Å². The molecule has 0 aromatic carbocycles. The molecule has 61 valence electrons. The Bertz CT molecular complexity index is 147. The monoisotopic (exact) mass is 217 g/mol. The van der Waals surface area contributed by atoms with Crippen LogP contribution in [0.2, 0.25) is 0 Å². The number of nitrogens with zero attached hydrogens (tertiary/aromatic N) is 2. The Morgan fingerprint density at radius 3 is 2.82 bits per heavy atom. The summed E-state index contributed by atoms with van der Waals surface area (Å²) in [4.78, 5) is 1.91. The van der Waals surface area contributed by atoms with E-state index in [0.717, 1.165) is 13.1 Å². The second-order valence-corrected chi connectivity index (χ2v) is 3.67. The third kappa shape index (κ3) is 2.93. The maximum absolute atomic E-state index is 9.37. The van der Waals surface area contributed by atoms with Crippen LogP contribution in [0.5, 0.6) is 0 Å². The first kappa shape index (κ1) is 9.22. The fourth-order valence-corrected chi connectivity index (χ4v) is 1.60. The number of hydrogen-bond acceptors (Lipinski definition) is 3. The van der Waals surface area contributed by atoms with Crippen molar-refractivity contribution in [3.05, 3.63) is 0 Å². The molecule has 1 heterocycles. The molecule has 0 aromatic heterocycles. The molecule has 0 spiro atoms. The van der Waals surface area contributed by atoms with Crippen LogP contribution in [0.25, 0.3) is 0 Å². The molecule has 1 saturated heterocycles. The van der Waals surface area contributed by atoms with Crippen LogP contribution in [-0.2, 0) is 0 Å². The summed E-state index contributed by atoms with van der Waals surface area (Å²) in [5.74, 6) is 0. The van der Waals surface area contributed by atoms with Gasteiger partial charge in [-0.1, -0.05) is 0 Å². The minimum atomic E-state index is -0.323. The summed E-state index contributed by atoms with van der Waals surface area (Å²) in [5, 5.41) is 9.37. The number of aliphatic hydroxyl groups is 1. The van der Waals surface area contributed by atoms with Gasteiger partial charge < -0.3 is 0 Å². The molecule has 0 aliphatic carbocycles. The molecule has 5 heteroatoms. The van der Waals surface area contributed by atoms with E-state index in [2.05, 4.69) is 16.1 Å². The van der Waals surface area contributed by atoms with Crippen molar-refractivity contribution < 1.29 is 5.11 Å². The van der Waals surface area contributed by atoms with E-state index in [9.17, 15) is 5.11 Å². The predicted octanol–water partition coefficient (Wildman–Crippen LogP) is -0.797. The molecular formula is C6H11BBrN2O. The van der Waals surface area contributed by atoms with Crippen LogP contribution in [0.15, 0.2) is 0 Å². The van der Waals surface area contributed by atoms with Gasteiger partial charge in [0, 0.05) is 0 Å². The number of halogens is 1. The summed E-state index contributed by atoms with van der Waals surface area (Å²) in [6, 6.07) is 0. The SMILES string of the molecule is [B]=CN1CCN(Br)CC(O)C1. The van der Waals surface area contributed by atoms with Crippen molar-refractivity contribution in [1.29, 1.82) is 0 Å². The van der Waals surface area contributed by atoms with Gasteiger partial charge in [-0.2, -0.15) is 0 Å². The Hall–Kier alpha value is 0.135. The quantitative estimate of drug-likeness (QED) is 0.461. The Balaban J connectivity index is 2.45. The maximum atomic E-state index is 9.37. The number of hydrogen-bond donors (Lipinski definition) is 1. The van der Waals surface area contributed by atoms with Crippen molar-refractivity contribution in [2.45, 2.75) is 6.10 Å². The van der Waals surface area contributed by atoms with Gasteiger partial charge in [0.25, 0.3) is 0 Å². The number of aliphatic hydroxyl groups excluding tert-OH is 1. The minimum absolute atomic E-state index is 0.323. The summed E-state index contributed by atoms with van der Waals surface area (Å²) >= 11 is 3.33. The van der Waals surface area contributed by atoms with Crippen molar-refractivity contribution in [3.8, 4) is 0 Å². The molecule has 1 radical (unpaired) electrons. The van der Waals surface area contributed by atoms with Crippen molar-refractivity contribution in [2.75, 3.05) is 26.2 Å². The molecule has 11 heavy (non-hydrogen) atoms. The van der Waals surface area contributed by atoms with Crippen LogP contribution in [0.1, 0.15) is 0 Å². The Morgan fingerprint density at radius 1 is 1.45 bits per heavy atom. The third-order valence-corrected chi connectivity index (χ3v) is 2.34. The Kier molecular flexibility index (Phi) is 3.55. The van der Waals surface area contributed by atoms with E-state index < -0.39 is 0 Å². The number of rotatable bonds is 1. The van der Waals surface area contributed by atoms with E-state index in [-0.39, 0.29) is 6.10 Å². The van der Waals surface area contributed by atoms with Crippen LogP contribution in [0.4, 0.5) is 0 Å². The van der Waals surface area contributed by atoms with Gasteiger partial charge in [-0.25, -0.2) is 0 Å². The predicted molar refractivity (Wildman–Crippen MR) is 49.9 cm³/mol. The fraction of sp³-hybridized carbons (Fsp3) is 0.833. The third-order valence-electron chi connectivity index (χ3n) is 1.69. The van der Waals surface area contributed by atoms with Crippen molar-refractivity contribution >= 4 is 29.7 Å². The Labute approximate surface area is 76.4 Å². The van der Waals surface area contributed by atoms with E-state index in [1.54, 1.807) is 0 Å². The molecule has 0 aromatic rings. The summed E-state index contributed by atoms with van der Waals surface area (Å²) in [6.45, 7) is 3.02. The normalized spacial score (nSPS) is 28.1. The fourth-order valence-electron chi connectivity index (χ4n) is 1.11. The van der Waals surface area contributed by atoms with Gasteiger partial charge in [0.1, 0.15) is 0 Å². The molecule has 1 fully saturated rings. The average molecular weight is 218 g/mol. The molecular weight excluding hydrogens is 207 g/mol. The van der Waals surface area contributed by atoms with E-state index in [1.807, 2.05) is 8.83 Å². The summed E-state index contributed by atoms with van der Waals surface area (Å²) in [6.07, 6.45) is 1.20. The topological polar surface area (TPSA) is 26.7 Å². The van der Waals surface area contributed by atoms with Crippen LogP contribution in [-0.4, -0.2) is 59.8 Å². The first-order valence-corrected chi connectivity index (χ1v) is 4.31. The zero-order valence-electron chi connectivity index (χ0n) is 6.28. The standard InChI is InChI=1S/C6H11BBrN2O/c7-5-9-1-2-10(8)4-6(11)3-9/h5-6,11H,1-4H2. The molecule has 1 N–H and O–H groups in total. The van der Waals surface area contributed by atoms with Crippen LogP contribution >= 0.6 is 16.1 Å². The molecule has 0 amide bonds. The molecule has 1 rings (SSSR count). The second-order valence-electron chi connectivity index (χ2n) is 2.67. The van der Waals surface area contributed by atoms with E-state index in [4.69, 9.17) is 7.49 Å². The summed E-state index contributed by atoms with van der Waals surface area (Å²) in [5.41, 5.74) is 0. The molecule has 3 nitrogen and oxygen atoms in total. The second kappa shape index (κ2) is 4.23. The van der Waals surface area contributed by atoms with Crippen molar-refractivity contribution in [1.82, 2.24) is 8.83 Å². The zero-order chi connectivity index (χ0) is 8.27. The van der Waals surface area contributed by atoms with Gasteiger partial charge >= 0.3 is 75.9 Å². The zero-order valence-corrected chi connectivity index (χ0v) is 7.87. The van der Waals surface area contributed by atoms with Crippen molar-refractivity contribution in [3.63, 3.8) is 0 Å². The van der Waals surface area contributed by atoms with Gasteiger partial charge in [0.15, 0.2) is 0 Å². The van der Waals surface area contributed by atoms with Crippen LogP contribution in [0, 0.1) is 0 Å². The summed E-state index contributed by atoms with van der Waals surface area (Å²) in [7, 11) is 5.34. The molecule has 1 atom stereocenters. The number of β-amino-alcohol motifs (C(OH)–C–C–N with tert-alkyl or cyclic N) is 1. The van der Waals surface area contributed by atoms with Crippen LogP contribution < -0.4 is 0 Å². The molecule has 1 aliphatic heterocycles. The van der Waals surface area contributed by atoms with E-state index in [1.165, 1.54) is 6.09 Å². The average Bonchev–Trinajstić information content (AvgIpc) is 2.11. The molecule has 0 bridgehead atoms. The first-order valence-electron chi connectivity index (χ1n) is 3.60. The van der Waals surface area contributed by atoms with Gasteiger partial charge in [-0.3, -0.25) is 0 Å². The van der Waals surface area contributed by atoms with Gasteiger partial charge in [-0.15, -0.1) is 0 Å². The van der Waals surface area contributed by atoms with E-state index in [0.29, 0.717) is 13.1 Å². The Morgan fingerprint density at radius 2 is 2.18 bits per heavy atom. The summed E-state index contributed by atoms with van der Waals surface area (Å²) < 4.78 is 1.92. The van der Waals surface area contributed by atoms with Gasteiger partial charge in [-0.05, 0) is 0 Å². The van der Waals surface area contributed by atoms with E-state index >= 15 is 0 Å².